The summed E-state index contributed by atoms with van der Waals surface area (Å²) in [6, 6.07) is -1.26. The molecule has 5 N–H and O–H groups in total. The van der Waals surface area contributed by atoms with Crippen LogP contribution >= 0.6 is 0 Å². The van der Waals surface area contributed by atoms with Crippen LogP contribution in [0.1, 0.15) is 45.2 Å². The summed E-state index contributed by atoms with van der Waals surface area (Å²) < 4.78 is 12.0. The van der Waals surface area contributed by atoms with E-state index in [0.717, 1.165) is 43.0 Å². The fraction of sp³-hybridized carbons (Fsp3) is 0.583. The summed E-state index contributed by atoms with van der Waals surface area (Å²) in [5, 5.41) is 10.2. The molecule has 176 valence electrons. The van der Waals surface area contributed by atoms with E-state index in [9.17, 15) is 5.11 Å². The van der Waals surface area contributed by atoms with E-state index in [1.807, 2.05) is 26.2 Å². The van der Waals surface area contributed by atoms with E-state index >= 15 is 0 Å². The number of aliphatic hydroxyl groups excluding tert-OH is 1. The lowest BCUT2D eigenvalue weighted by Crippen LogP contribution is -2.64. The van der Waals surface area contributed by atoms with E-state index in [4.69, 9.17) is 20.9 Å². The first-order valence-corrected chi connectivity index (χ1v) is 11.5. The van der Waals surface area contributed by atoms with Crippen molar-refractivity contribution in [3.05, 3.63) is 54.2 Å². The number of aliphatic hydroxyl groups is 1. The summed E-state index contributed by atoms with van der Waals surface area (Å²) in [7, 11) is 0. The van der Waals surface area contributed by atoms with Crippen molar-refractivity contribution in [1.82, 2.24) is 9.97 Å². The molecule has 8 heteroatoms. The van der Waals surface area contributed by atoms with Crippen LogP contribution in [0.2, 0.25) is 0 Å². The van der Waals surface area contributed by atoms with Crippen LogP contribution in [-0.4, -0.2) is 58.7 Å². The smallest absolute Gasteiger partial charge is 0.217 e. The normalized spacial score (nSPS) is 29.3. The molecule has 0 bridgehead atoms. The van der Waals surface area contributed by atoms with E-state index in [1.165, 1.54) is 12.8 Å². The average molecular weight is 444 g/mol. The van der Waals surface area contributed by atoms with Gasteiger partial charge in [0.15, 0.2) is 0 Å². The number of nitrogens with two attached hydrogens (primary N) is 2. The lowest BCUT2D eigenvalue weighted by molar-refractivity contribution is -0.220. The van der Waals surface area contributed by atoms with Crippen molar-refractivity contribution < 1.29 is 14.6 Å². The van der Waals surface area contributed by atoms with Crippen molar-refractivity contribution in [3.8, 4) is 0 Å². The van der Waals surface area contributed by atoms with Gasteiger partial charge in [0.2, 0.25) is 6.29 Å². The zero-order chi connectivity index (χ0) is 23.1. The molecule has 8 nitrogen and oxygen atoms in total. The summed E-state index contributed by atoms with van der Waals surface area (Å²) in [5.74, 6) is 1.58. The van der Waals surface area contributed by atoms with Crippen molar-refractivity contribution in [3.63, 3.8) is 0 Å². The third-order valence-corrected chi connectivity index (χ3v) is 6.12. The van der Waals surface area contributed by atoms with E-state index in [-0.39, 0.29) is 0 Å². The number of rotatable bonds is 9. The quantitative estimate of drug-likeness (QED) is 0.392. The molecular formula is C24H37N5O3. The summed E-state index contributed by atoms with van der Waals surface area (Å²) >= 11 is 0. The maximum Gasteiger partial charge on any atom is 0.217 e. The minimum atomic E-state index is -0.809. The van der Waals surface area contributed by atoms with Gasteiger partial charge in [0, 0.05) is 13.1 Å². The Morgan fingerprint density at radius 2 is 2.03 bits per heavy atom. The molecule has 5 atom stereocenters. The molecule has 1 aromatic heterocycles. The monoisotopic (exact) mass is 443 g/mol. The second kappa shape index (κ2) is 11.6. The van der Waals surface area contributed by atoms with Gasteiger partial charge in [0.25, 0.3) is 0 Å². The molecule has 2 saturated heterocycles. The van der Waals surface area contributed by atoms with Crippen molar-refractivity contribution in [2.45, 2.75) is 76.5 Å². The number of aromatic nitrogens is 2. The fourth-order valence-corrected chi connectivity index (χ4v) is 4.06. The second-order valence-electron chi connectivity index (χ2n) is 8.47. The molecule has 2 fully saturated rings. The number of hydrogen-bond donors (Lipinski definition) is 3. The number of ether oxygens (including phenoxy) is 2. The van der Waals surface area contributed by atoms with Gasteiger partial charge in [-0.2, -0.15) is 0 Å². The molecule has 1 aromatic rings. The zero-order valence-electron chi connectivity index (χ0n) is 19.2. The van der Waals surface area contributed by atoms with Crippen LogP contribution in [0.25, 0.3) is 0 Å². The predicted molar refractivity (Wildman–Crippen MR) is 126 cm³/mol. The molecule has 2 aliphatic rings. The first-order valence-electron chi connectivity index (χ1n) is 11.5. The van der Waals surface area contributed by atoms with E-state index in [2.05, 4.69) is 27.5 Å². The van der Waals surface area contributed by atoms with Gasteiger partial charge in [-0.05, 0) is 50.7 Å². The molecule has 0 spiro atoms. The number of aryl methyl sites for hydroxylation is 1. The predicted octanol–water partition coefficient (Wildman–Crippen LogP) is 2.19. The standard InChI is InChI=1S/C24H37N5O3/c1-4-9-19(32-24-22(26)21(25)23(30)18(5-2)31-24)16(3)10-8-11-17-14-28-20(15-27-17)29-12-6-7-13-29/h4,9-10,14-15,18,21-24,30H,1,5-8,11-13,25-26H2,2-3H3/b16-10-,19-9+/t18-,21-,22+,23-,24?/m1/s1. The molecule has 0 aromatic carbocycles. The van der Waals surface area contributed by atoms with Gasteiger partial charge < -0.3 is 30.9 Å². The molecule has 3 rings (SSSR count). The highest BCUT2D eigenvalue weighted by Crippen LogP contribution is 2.25. The SMILES string of the molecule is C=C/C=C(OC1O[C@H](CC)[C@@H](O)[C@H](N)[C@@H]1N)\C(C)=C/CCc1cnc(N2CCCC2)cn1. The third-order valence-electron chi connectivity index (χ3n) is 6.12. The summed E-state index contributed by atoms with van der Waals surface area (Å²) in [4.78, 5) is 11.4. The Hall–Kier alpha value is -2.26. The Balaban J connectivity index is 1.59. The number of nitrogens with zero attached hydrogens (tertiary/aromatic N) is 3. The number of allylic oxidation sites excluding steroid dienone is 4. The third kappa shape index (κ3) is 5.95. The maximum absolute atomic E-state index is 10.2. The van der Waals surface area contributed by atoms with Gasteiger partial charge in [0.1, 0.15) is 11.6 Å². The number of hydrogen-bond acceptors (Lipinski definition) is 8. The Bertz CT molecular complexity index is 802. The first kappa shape index (κ1) is 24.4. The van der Waals surface area contributed by atoms with Crippen LogP contribution in [-0.2, 0) is 15.9 Å². The lowest BCUT2D eigenvalue weighted by Gasteiger charge is -2.41. The van der Waals surface area contributed by atoms with Gasteiger partial charge in [-0.25, -0.2) is 4.98 Å². The van der Waals surface area contributed by atoms with Crippen molar-refractivity contribution in [2.75, 3.05) is 18.0 Å². The summed E-state index contributed by atoms with van der Waals surface area (Å²) in [6.07, 6.45) is 11.9. The molecule has 0 amide bonds. The molecular weight excluding hydrogens is 406 g/mol. The molecule has 3 heterocycles. The Morgan fingerprint density at radius 3 is 2.66 bits per heavy atom. The highest BCUT2D eigenvalue weighted by molar-refractivity contribution is 5.36. The molecule has 0 radical (unpaired) electrons. The Labute approximate surface area is 191 Å². The van der Waals surface area contributed by atoms with Gasteiger partial charge in [0.05, 0.1) is 42.4 Å². The van der Waals surface area contributed by atoms with Crippen molar-refractivity contribution in [1.29, 1.82) is 0 Å². The number of anilines is 1. The molecule has 2 aliphatic heterocycles. The average Bonchev–Trinajstić information content (AvgIpc) is 3.34. The van der Waals surface area contributed by atoms with Crippen LogP contribution < -0.4 is 16.4 Å². The van der Waals surface area contributed by atoms with Gasteiger partial charge in [-0.3, -0.25) is 4.98 Å². The van der Waals surface area contributed by atoms with Crippen LogP contribution in [0.5, 0.6) is 0 Å². The molecule has 1 unspecified atom stereocenters. The maximum atomic E-state index is 10.2. The molecule has 0 saturated carbocycles. The molecule has 32 heavy (non-hydrogen) atoms. The van der Waals surface area contributed by atoms with E-state index < -0.39 is 30.6 Å². The summed E-state index contributed by atoms with van der Waals surface area (Å²) in [5.41, 5.74) is 14.2. The summed E-state index contributed by atoms with van der Waals surface area (Å²) in [6.45, 7) is 9.80. The van der Waals surface area contributed by atoms with Gasteiger partial charge in [-0.1, -0.05) is 25.7 Å². The topological polar surface area (TPSA) is 120 Å². The minimum Gasteiger partial charge on any atom is -0.463 e. The van der Waals surface area contributed by atoms with Crippen LogP contribution in [0, 0.1) is 0 Å². The minimum absolute atomic E-state index is 0.411. The highest BCUT2D eigenvalue weighted by Gasteiger charge is 2.42. The van der Waals surface area contributed by atoms with Crippen LogP contribution in [0.4, 0.5) is 5.82 Å². The van der Waals surface area contributed by atoms with Crippen LogP contribution in [0.3, 0.4) is 0 Å². The highest BCUT2D eigenvalue weighted by atomic mass is 16.7. The largest absolute Gasteiger partial charge is 0.463 e. The van der Waals surface area contributed by atoms with E-state index in [0.29, 0.717) is 12.2 Å². The Morgan fingerprint density at radius 1 is 1.28 bits per heavy atom. The van der Waals surface area contributed by atoms with Crippen LogP contribution in [0.15, 0.2) is 48.5 Å². The first-order chi connectivity index (χ1) is 15.4. The lowest BCUT2D eigenvalue weighted by atomic mass is 9.94. The van der Waals surface area contributed by atoms with Crippen molar-refractivity contribution >= 4 is 5.82 Å². The fourth-order valence-electron chi connectivity index (χ4n) is 4.06. The van der Waals surface area contributed by atoms with E-state index in [1.54, 1.807) is 12.2 Å². The molecule has 0 aliphatic carbocycles. The zero-order valence-corrected chi connectivity index (χ0v) is 19.2. The van der Waals surface area contributed by atoms with Crippen molar-refractivity contribution in [2.24, 2.45) is 11.5 Å². The Kier molecular flexibility index (Phi) is 8.81. The van der Waals surface area contributed by atoms with Gasteiger partial charge >= 0.3 is 0 Å². The second-order valence-corrected chi connectivity index (χ2v) is 8.47. The van der Waals surface area contributed by atoms with Gasteiger partial charge in [-0.15, -0.1) is 0 Å².